The van der Waals surface area contributed by atoms with Crippen LogP contribution in [-0.2, 0) is 6.54 Å². The predicted molar refractivity (Wildman–Crippen MR) is 67.4 cm³/mol. The van der Waals surface area contributed by atoms with Gasteiger partial charge in [0, 0.05) is 12.6 Å². The average Bonchev–Trinajstić information content (AvgIpc) is 2.36. The maximum Gasteiger partial charge on any atom is 0.311 e. The number of benzene rings is 1. The van der Waals surface area contributed by atoms with Crippen LogP contribution < -0.4 is 10.5 Å². The Morgan fingerprint density at radius 3 is 2.72 bits per heavy atom. The van der Waals surface area contributed by atoms with Gasteiger partial charge < -0.3 is 15.6 Å². The zero-order valence-corrected chi connectivity index (χ0v) is 10.5. The van der Waals surface area contributed by atoms with Crippen LogP contribution in [0, 0.1) is 10.1 Å². The van der Waals surface area contributed by atoms with Crippen molar-refractivity contribution in [3.8, 4) is 5.75 Å². The number of hydrogen-bond acceptors (Lipinski definition) is 5. The minimum absolute atomic E-state index is 0.00626. The number of nitrogens with zero attached hydrogens (tertiary/aromatic N) is 1. The van der Waals surface area contributed by atoms with E-state index in [1.165, 1.54) is 12.1 Å². The lowest BCUT2D eigenvalue weighted by atomic mass is 10.1. The summed E-state index contributed by atoms with van der Waals surface area (Å²) in [5.74, 6) is 0.144. The summed E-state index contributed by atoms with van der Waals surface area (Å²) in [6.07, 6.45) is 0.502. The molecule has 0 saturated heterocycles. The summed E-state index contributed by atoms with van der Waals surface area (Å²) in [5.41, 5.74) is 4.96. The molecule has 0 saturated carbocycles. The first kappa shape index (κ1) is 14.4. The molecule has 1 aromatic rings. The van der Waals surface area contributed by atoms with Gasteiger partial charge in [0.15, 0.2) is 5.75 Å². The molecule has 0 aliphatic rings. The Kier molecular flexibility index (Phi) is 4.63. The van der Waals surface area contributed by atoms with Crippen molar-refractivity contribution in [1.82, 2.24) is 0 Å². The Morgan fingerprint density at radius 2 is 2.22 bits per heavy atom. The van der Waals surface area contributed by atoms with Crippen molar-refractivity contribution >= 4 is 5.69 Å². The fourth-order valence-electron chi connectivity index (χ4n) is 1.29. The average molecular weight is 254 g/mol. The van der Waals surface area contributed by atoms with Crippen LogP contribution >= 0.6 is 0 Å². The van der Waals surface area contributed by atoms with Gasteiger partial charge in [-0.15, -0.1) is 0 Å². The summed E-state index contributed by atoms with van der Waals surface area (Å²) in [7, 11) is 0. The highest BCUT2D eigenvalue weighted by atomic mass is 16.6. The van der Waals surface area contributed by atoms with E-state index < -0.39 is 10.5 Å². The lowest BCUT2D eigenvalue weighted by molar-refractivity contribution is -0.386. The minimum atomic E-state index is -1.000. The first-order valence-electron chi connectivity index (χ1n) is 5.72. The highest BCUT2D eigenvalue weighted by Crippen LogP contribution is 2.28. The van der Waals surface area contributed by atoms with Crippen molar-refractivity contribution in [2.45, 2.75) is 32.4 Å². The second kappa shape index (κ2) is 5.79. The Hall–Kier alpha value is -1.66. The van der Waals surface area contributed by atoms with Crippen molar-refractivity contribution in [3.63, 3.8) is 0 Å². The number of hydrogen-bond donors (Lipinski definition) is 2. The van der Waals surface area contributed by atoms with Gasteiger partial charge in [-0.3, -0.25) is 10.1 Å². The standard InChI is InChI=1S/C12H18N2O4/c1-3-12(2,15)8-18-11-5-4-9(7-13)6-10(11)14(16)17/h4-6,15H,3,7-8,13H2,1-2H3. The summed E-state index contributed by atoms with van der Waals surface area (Å²) < 4.78 is 5.32. The van der Waals surface area contributed by atoms with E-state index in [1.54, 1.807) is 13.0 Å². The molecule has 0 aliphatic carbocycles. The number of nitro benzene ring substituents is 1. The van der Waals surface area contributed by atoms with E-state index >= 15 is 0 Å². The van der Waals surface area contributed by atoms with E-state index in [1.807, 2.05) is 6.92 Å². The van der Waals surface area contributed by atoms with Gasteiger partial charge in [0.1, 0.15) is 6.61 Å². The lowest BCUT2D eigenvalue weighted by Gasteiger charge is -2.21. The van der Waals surface area contributed by atoms with Crippen LogP contribution in [0.15, 0.2) is 18.2 Å². The van der Waals surface area contributed by atoms with Crippen LogP contribution in [0.25, 0.3) is 0 Å². The number of rotatable bonds is 6. The Bertz CT molecular complexity index is 432. The van der Waals surface area contributed by atoms with Gasteiger partial charge in [-0.25, -0.2) is 0 Å². The molecule has 0 amide bonds. The first-order chi connectivity index (χ1) is 8.39. The molecule has 0 aliphatic heterocycles. The van der Waals surface area contributed by atoms with Crippen LogP contribution in [0.1, 0.15) is 25.8 Å². The largest absolute Gasteiger partial charge is 0.484 e. The monoisotopic (exact) mass is 254 g/mol. The molecule has 0 aromatic heterocycles. The highest BCUT2D eigenvalue weighted by molar-refractivity contribution is 5.48. The van der Waals surface area contributed by atoms with Crippen LogP contribution in [0.4, 0.5) is 5.69 Å². The van der Waals surface area contributed by atoms with Crippen molar-refractivity contribution in [2.24, 2.45) is 5.73 Å². The Labute approximate surface area is 106 Å². The molecule has 1 unspecified atom stereocenters. The molecule has 6 nitrogen and oxygen atoms in total. The van der Waals surface area contributed by atoms with E-state index in [9.17, 15) is 15.2 Å². The maximum atomic E-state index is 10.9. The zero-order chi connectivity index (χ0) is 13.8. The van der Waals surface area contributed by atoms with Crippen molar-refractivity contribution < 1.29 is 14.8 Å². The summed E-state index contributed by atoms with van der Waals surface area (Å²) in [4.78, 5) is 10.4. The third-order valence-electron chi connectivity index (χ3n) is 2.76. The van der Waals surface area contributed by atoms with E-state index in [-0.39, 0.29) is 24.6 Å². The van der Waals surface area contributed by atoms with Crippen LogP contribution in [-0.4, -0.2) is 22.2 Å². The van der Waals surface area contributed by atoms with Gasteiger partial charge in [-0.05, 0) is 25.0 Å². The zero-order valence-electron chi connectivity index (χ0n) is 10.5. The summed E-state index contributed by atoms with van der Waals surface area (Å²) in [6, 6.07) is 4.56. The third-order valence-corrected chi connectivity index (χ3v) is 2.76. The fourth-order valence-corrected chi connectivity index (χ4v) is 1.29. The maximum absolute atomic E-state index is 10.9. The van der Waals surface area contributed by atoms with E-state index in [0.29, 0.717) is 12.0 Å². The van der Waals surface area contributed by atoms with Gasteiger partial charge in [-0.1, -0.05) is 13.0 Å². The molecule has 0 heterocycles. The lowest BCUT2D eigenvalue weighted by Crippen LogP contribution is -2.31. The number of nitrogens with two attached hydrogens (primary N) is 1. The predicted octanol–water partition coefficient (Wildman–Crippen LogP) is 1.59. The van der Waals surface area contributed by atoms with Crippen LogP contribution in [0.2, 0.25) is 0 Å². The molecule has 6 heteroatoms. The minimum Gasteiger partial charge on any atom is -0.484 e. The summed E-state index contributed by atoms with van der Waals surface area (Å²) >= 11 is 0. The first-order valence-corrected chi connectivity index (χ1v) is 5.72. The highest BCUT2D eigenvalue weighted by Gasteiger charge is 2.22. The topological polar surface area (TPSA) is 98.6 Å². The molecule has 1 rings (SSSR count). The van der Waals surface area contributed by atoms with Crippen LogP contribution in [0.5, 0.6) is 5.75 Å². The normalized spacial score (nSPS) is 14.0. The fraction of sp³-hybridized carbons (Fsp3) is 0.500. The molecule has 1 aromatic carbocycles. The van der Waals surface area contributed by atoms with Gasteiger partial charge in [0.05, 0.1) is 10.5 Å². The number of ether oxygens (including phenoxy) is 1. The molecule has 100 valence electrons. The van der Waals surface area contributed by atoms with Gasteiger partial charge in [-0.2, -0.15) is 0 Å². The molecule has 0 radical (unpaired) electrons. The van der Waals surface area contributed by atoms with Crippen LogP contribution in [0.3, 0.4) is 0 Å². The van der Waals surface area contributed by atoms with E-state index in [0.717, 1.165) is 0 Å². The molecule has 18 heavy (non-hydrogen) atoms. The van der Waals surface area contributed by atoms with E-state index in [2.05, 4.69) is 0 Å². The summed E-state index contributed by atoms with van der Waals surface area (Å²) in [6.45, 7) is 3.67. The quantitative estimate of drug-likeness (QED) is 0.593. The smallest absolute Gasteiger partial charge is 0.311 e. The van der Waals surface area contributed by atoms with Gasteiger partial charge >= 0.3 is 5.69 Å². The third kappa shape index (κ3) is 3.68. The van der Waals surface area contributed by atoms with Crippen molar-refractivity contribution in [2.75, 3.05) is 6.61 Å². The summed E-state index contributed by atoms with van der Waals surface area (Å²) in [5, 5.41) is 20.7. The number of aliphatic hydroxyl groups is 1. The Morgan fingerprint density at radius 1 is 1.56 bits per heavy atom. The SMILES string of the molecule is CCC(C)(O)COc1ccc(CN)cc1[N+](=O)[O-]. The van der Waals surface area contributed by atoms with E-state index in [4.69, 9.17) is 10.5 Å². The second-order valence-electron chi connectivity index (χ2n) is 4.40. The molecule has 0 bridgehead atoms. The molecular weight excluding hydrogens is 236 g/mol. The Balaban J connectivity index is 2.91. The molecule has 3 N–H and O–H groups in total. The van der Waals surface area contributed by atoms with Gasteiger partial charge in [0.2, 0.25) is 0 Å². The van der Waals surface area contributed by atoms with Gasteiger partial charge in [0.25, 0.3) is 0 Å². The number of nitro groups is 1. The van der Waals surface area contributed by atoms with Crippen molar-refractivity contribution in [3.05, 3.63) is 33.9 Å². The second-order valence-corrected chi connectivity index (χ2v) is 4.40. The molecule has 0 spiro atoms. The molecule has 0 fully saturated rings. The van der Waals surface area contributed by atoms with Crippen molar-refractivity contribution in [1.29, 1.82) is 0 Å². The molecular formula is C12H18N2O4. The molecule has 1 atom stereocenters.